The average Bonchev–Trinajstić information content (AvgIpc) is 2.05. The Morgan fingerprint density at radius 3 is 2.00 bits per heavy atom. The summed E-state index contributed by atoms with van der Waals surface area (Å²) in [6.07, 6.45) is 1.81. The van der Waals surface area contributed by atoms with E-state index in [9.17, 15) is 4.79 Å². The van der Waals surface area contributed by atoms with Crippen molar-refractivity contribution in [2.75, 3.05) is 19.7 Å². The Morgan fingerprint density at radius 1 is 1.31 bits per heavy atom. The van der Waals surface area contributed by atoms with Gasteiger partial charge in [-0.3, -0.25) is 9.69 Å². The highest BCUT2D eigenvalue weighted by Gasteiger charge is 2.22. The fourth-order valence-electron chi connectivity index (χ4n) is 1.35. The average molecular weight is 189 g/mol. The van der Waals surface area contributed by atoms with E-state index >= 15 is 0 Å². The Kier molecular flexibility index (Phi) is 6.54. The second-order valence-electron chi connectivity index (χ2n) is 3.07. The SMILES string of the molecule is CCCN(CCC)C(CO)C(=O)O. The molecule has 0 aliphatic rings. The van der Waals surface area contributed by atoms with Crippen LogP contribution in [0.3, 0.4) is 0 Å². The van der Waals surface area contributed by atoms with Gasteiger partial charge in [-0.05, 0) is 25.9 Å². The molecule has 1 atom stereocenters. The van der Waals surface area contributed by atoms with Crippen molar-refractivity contribution >= 4 is 5.97 Å². The fraction of sp³-hybridized carbons (Fsp3) is 0.889. The molecule has 0 aromatic rings. The topological polar surface area (TPSA) is 60.8 Å². The van der Waals surface area contributed by atoms with Crippen molar-refractivity contribution in [2.24, 2.45) is 0 Å². The third-order valence-electron chi connectivity index (χ3n) is 1.92. The predicted octanol–water partition coefficient (Wildman–Crippen LogP) is 0.554. The maximum Gasteiger partial charge on any atom is 0.323 e. The Morgan fingerprint density at radius 2 is 1.77 bits per heavy atom. The molecule has 2 N–H and O–H groups in total. The molecule has 0 heterocycles. The number of aliphatic hydroxyl groups excluding tert-OH is 1. The molecule has 0 aromatic carbocycles. The molecule has 4 nitrogen and oxygen atoms in total. The van der Waals surface area contributed by atoms with E-state index < -0.39 is 12.0 Å². The second-order valence-corrected chi connectivity index (χ2v) is 3.07. The standard InChI is InChI=1S/C9H19NO3/c1-3-5-10(6-4-2)8(7-11)9(12)13/h8,11H,3-7H2,1-2H3,(H,12,13). The Balaban J connectivity index is 4.20. The van der Waals surface area contributed by atoms with Crippen LogP contribution in [0.1, 0.15) is 26.7 Å². The van der Waals surface area contributed by atoms with Gasteiger partial charge in [-0.25, -0.2) is 0 Å². The normalized spacial score (nSPS) is 13.2. The van der Waals surface area contributed by atoms with Crippen molar-refractivity contribution in [1.29, 1.82) is 0 Å². The first kappa shape index (κ1) is 12.4. The lowest BCUT2D eigenvalue weighted by atomic mass is 10.2. The first-order chi connectivity index (χ1) is 6.17. The maximum absolute atomic E-state index is 10.7. The maximum atomic E-state index is 10.7. The van der Waals surface area contributed by atoms with E-state index in [0.717, 1.165) is 25.9 Å². The zero-order valence-corrected chi connectivity index (χ0v) is 8.36. The van der Waals surface area contributed by atoms with Crippen LogP contribution < -0.4 is 0 Å². The first-order valence-electron chi connectivity index (χ1n) is 4.75. The fourth-order valence-corrected chi connectivity index (χ4v) is 1.35. The summed E-state index contributed by atoms with van der Waals surface area (Å²) in [7, 11) is 0. The number of carboxylic acid groups (broad SMARTS) is 1. The minimum absolute atomic E-state index is 0.310. The molecule has 4 heteroatoms. The van der Waals surface area contributed by atoms with Gasteiger partial charge in [-0.15, -0.1) is 0 Å². The Hall–Kier alpha value is -0.610. The highest BCUT2D eigenvalue weighted by atomic mass is 16.4. The van der Waals surface area contributed by atoms with Crippen molar-refractivity contribution in [3.63, 3.8) is 0 Å². The number of aliphatic hydroxyl groups is 1. The van der Waals surface area contributed by atoms with E-state index in [1.807, 2.05) is 18.7 Å². The number of aliphatic carboxylic acids is 1. The van der Waals surface area contributed by atoms with Gasteiger partial charge < -0.3 is 10.2 Å². The number of carbonyl (C=O) groups is 1. The van der Waals surface area contributed by atoms with E-state index in [4.69, 9.17) is 10.2 Å². The molecule has 13 heavy (non-hydrogen) atoms. The minimum atomic E-state index is -0.940. The molecular weight excluding hydrogens is 170 g/mol. The third-order valence-corrected chi connectivity index (χ3v) is 1.92. The van der Waals surface area contributed by atoms with Gasteiger partial charge in [0.05, 0.1) is 6.61 Å². The number of hydrogen-bond donors (Lipinski definition) is 2. The molecule has 0 bridgehead atoms. The van der Waals surface area contributed by atoms with Crippen LogP contribution in [-0.4, -0.2) is 46.8 Å². The van der Waals surface area contributed by atoms with Crippen molar-refractivity contribution in [2.45, 2.75) is 32.7 Å². The summed E-state index contributed by atoms with van der Waals surface area (Å²) in [4.78, 5) is 12.5. The molecule has 0 rings (SSSR count). The molecule has 0 radical (unpaired) electrons. The van der Waals surface area contributed by atoms with Crippen LogP contribution in [0.4, 0.5) is 0 Å². The predicted molar refractivity (Wildman–Crippen MR) is 50.7 cm³/mol. The summed E-state index contributed by atoms with van der Waals surface area (Å²) in [5.74, 6) is -0.940. The van der Waals surface area contributed by atoms with Gasteiger partial charge >= 0.3 is 5.97 Å². The number of carboxylic acids is 1. The summed E-state index contributed by atoms with van der Waals surface area (Å²) in [6, 6.07) is -0.736. The molecular formula is C9H19NO3. The highest BCUT2D eigenvalue weighted by molar-refractivity contribution is 5.73. The van der Waals surface area contributed by atoms with Crippen LogP contribution >= 0.6 is 0 Å². The zero-order valence-electron chi connectivity index (χ0n) is 8.36. The molecule has 0 spiro atoms. The number of rotatable bonds is 7. The summed E-state index contributed by atoms with van der Waals surface area (Å²) in [6.45, 7) is 5.14. The third kappa shape index (κ3) is 4.24. The summed E-state index contributed by atoms with van der Waals surface area (Å²) < 4.78 is 0. The van der Waals surface area contributed by atoms with Crippen molar-refractivity contribution < 1.29 is 15.0 Å². The molecule has 0 aliphatic heterocycles. The summed E-state index contributed by atoms with van der Waals surface area (Å²) in [5.41, 5.74) is 0. The van der Waals surface area contributed by atoms with E-state index in [0.29, 0.717) is 0 Å². The van der Waals surface area contributed by atoms with E-state index in [1.165, 1.54) is 0 Å². The van der Waals surface area contributed by atoms with Gasteiger partial charge in [-0.2, -0.15) is 0 Å². The molecule has 78 valence electrons. The van der Waals surface area contributed by atoms with Gasteiger partial charge in [0.15, 0.2) is 0 Å². The lowest BCUT2D eigenvalue weighted by molar-refractivity contribution is -0.144. The van der Waals surface area contributed by atoms with Gasteiger partial charge in [0.2, 0.25) is 0 Å². The number of nitrogens with zero attached hydrogens (tertiary/aromatic N) is 1. The van der Waals surface area contributed by atoms with Crippen molar-refractivity contribution in [3.05, 3.63) is 0 Å². The molecule has 0 saturated carbocycles. The van der Waals surface area contributed by atoms with Gasteiger partial charge in [0.1, 0.15) is 6.04 Å². The van der Waals surface area contributed by atoms with Crippen molar-refractivity contribution in [1.82, 2.24) is 4.90 Å². The lowest BCUT2D eigenvalue weighted by Crippen LogP contribution is -2.44. The van der Waals surface area contributed by atoms with Crippen LogP contribution in [0.2, 0.25) is 0 Å². The van der Waals surface area contributed by atoms with Gasteiger partial charge in [0, 0.05) is 0 Å². The Bertz CT molecular complexity index is 144. The van der Waals surface area contributed by atoms with Gasteiger partial charge in [0.25, 0.3) is 0 Å². The van der Waals surface area contributed by atoms with E-state index in [-0.39, 0.29) is 6.61 Å². The molecule has 0 saturated heterocycles. The largest absolute Gasteiger partial charge is 0.480 e. The number of hydrogen-bond acceptors (Lipinski definition) is 3. The molecule has 0 aliphatic carbocycles. The molecule has 1 unspecified atom stereocenters. The summed E-state index contributed by atoms with van der Waals surface area (Å²) in [5, 5.41) is 17.7. The van der Waals surface area contributed by atoms with E-state index in [2.05, 4.69) is 0 Å². The molecule has 0 fully saturated rings. The monoisotopic (exact) mass is 189 g/mol. The minimum Gasteiger partial charge on any atom is -0.480 e. The van der Waals surface area contributed by atoms with Crippen molar-refractivity contribution in [3.8, 4) is 0 Å². The van der Waals surface area contributed by atoms with Crippen LogP contribution in [0.15, 0.2) is 0 Å². The summed E-state index contributed by atoms with van der Waals surface area (Å²) >= 11 is 0. The Labute approximate surface area is 79.2 Å². The lowest BCUT2D eigenvalue weighted by Gasteiger charge is -2.26. The second kappa shape index (κ2) is 6.86. The molecule has 0 amide bonds. The van der Waals surface area contributed by atoms with Crippen LogP contribution in [0.25, 0.3) is 0 Å². The molecule has 0 aromatic heterocycles. The zero-order chi connectivity index (χ0) is 10.3. The quantitative estimate of drug-likeness (QED) is 0.614. The van der Waals surface area contributed by atoms with Crippen LogP contribution in [-0.2, 0) is 4.79 Å². The van der Waals surface area contributed by atoms with Gasteiger partial charge in [-0.1, -0.05) is 13.8 Å². The van der Waals surface area contributed by atoms with Crippen LogP contribution in [0.5, 0.6) is 0 Å². The van der Waals surface area contributed by atoms with E-state index in [1.54, 1.807) is 0 Å². The first-order valence-corrected chi connectivity index (χ1v) is 4.75. The highest BCUT2D eigenvalue weighted by Crippen LogP contribution is 2.02. The smallest absolute Gasteiger partial charge is 0.323 e. The van der Waals surface area contributed by atoms with Crippen LogP contribution in [0, 0.1) is 0 Å².